The van der Waals surface area contributed by atoms with Crippen LogP contribution >= 0.6 is 11.3 Å². The van der Waals surface area contributed by atoms with Gasteiger partial charge in [0, 0.05) is 6.92 Å². The number of anilines is 1. The molecule has 0 fully saturated rings. The maximum Gasteiger partial charge on any atom is 0.322 e. The first-order valence-electron chi connectivity index (χ1n) is 5.79. The van der Waals surface area contributed by atoms with Crippen LogP contribution in [0.3, 0.4) is 0 Å². The van der Waals surface area contributed by atoms with Gasteiger partial charge >= 0.3 is 5.97 Å². The van der Waals surface area contributed by atoms with E-state index in [1.54, 1.807) is 20.8 Å². The fraction of sp³-hybridized carbons (Fsp3) is 0.600. The van der Waals surface area contributed by atoms with E-state index in [1.807, 2.05) is 0 Å². The summed E-state index contributed by atoms with van der Waals surface area (Å²) < 4.78 is 25.9. The summed E-state index contributed by atoms with van der Waals surface area (Å²) in [4.78, 5) is 22.0. The van der Waals surface area contributed by atoms with Crippen LogP contribution in [0.2, 0.25) is 0 Å². The van der Waals surface area contributed by atoms with Gasteiger partial charge in [-0.3, -0.25) is 9.59 Å². The molecule has 1 atom stereocenters. The number of nitrogens with one attached hydrogen (secondary N) is 2. The smallest absolute Gasteiger partial charge is 0.322 e. The summed E-state index contributed by atoms with van der Waals surface area (Å²) in [6.07, 6.45) is 0. The van der Waals surface area contributed by atoms with E-state index < -0.39 is 37.7 Å². The summed E-state index contributed by atoms with van der Waals surface area (Å²) in [6.45, 7) is 6.03. The molecule has 0 radical (unpaired) electrons. The number of rotatable bonds is 5. The van der Waals surface area contributed by atoms with Gasteiger partial charge in [0.05, 0.1) is 0 Å². The largest absolute Gasteiger partial charge is 0.480 e. The van der Waals surface area contributed by atoms with E-state index in [2.05, 4.69) is 20.2 Å². The Morgan fingerprint density at radius 2 is 1.86 bits per heavy atom. The van der Waals surface area contributed by atoms with Crippen molar-refractivity contribution < 1.29 is 23.1 Å². The molecule has 3 N–H and O–H groups in total. The molecule has 0 saturated heterocycles. The Hall–Kier alpha value is -1.59. The van der Waals surface area contributed by atoms with E-state index in [0.717, 1.165) is 0 Å². The zero-order chi connectivity index (χ0) is 16.4. The third-order valence-corrected chi connectivity index (χ3v) is 4.93. The third-order valence-electron chi connectivity index (χ3n) is 2.31. The van der Waals surface area contributed by atoms with E-state index in [9.17, 15) is 18.0 Å². The molecular formula is C10H16N4O5S2. The molecule has 11 heteroatoms. The third kappa shape index (κ3) is 4.72. The number of carbonyl (C=O) groups is 2. The summed E-state index contributed by atoms with van der Waals surface area (Å²) >= 11 is 0.635. The molecule has 0 aromatic carbocycles. The predicted octanol–water partition coefficient (Wildman–Crippen LogP) is 0.274. The zero-order valence-electron chi connectivity index (χ0n) is 11.9. The Kier molecular flexibility index (Phi) is 5.02. The van der Waals surface area contributed by atoms with Crippen LogP contribution in [0.15, 0.2) is 4.34 Å². The van der Waals surface area contributed by atoms with Crippen molar-refractivity contribution >= 4 is 38.4 Å². The molecule has 1 amide bonds. The second kappa shape index (κ2) is 6.03. The summed E-state index contributed by atoms with van der Waals surface area (Å²) in [5, 5.41) is 18.4. The topological polar surface area (TPSA) is 138 Å². The summed E-state index contributed by atoms with van der Waals surface area (Å²) in [5.41, 5.74) is -0.829. The summed E-state index contributed by atoms with van der Waals surface area (Å²) in [7, 11) is -4.14. The minimum Gasteiger partial charge on any atom is -0.480 e. The van der Waals surface area contributed by atoms with E-state index in [0.29, 0.717) is 11.3 Å². The highest BCUT2D eigenvalue weighted by molar-refractivity contribution is 7.91. The molecule has 0 aliphatic rings. The second-order valence-electron chi connectivity index (χ2n) is 5.31. The lowest BCUT2D eigenvalue weighted by molar-refractivity contribution is -0.141. The first-order chi connectivity index (χ1) is 9.43. The van der Waals surface area contributed by atoms with E-state index in [-0.39, 0.29) is 5.13 Å². The Labute approximate surface area is 125 Å². The normalized spacial score (nSPS) is 13.7. The molecule has 9 nitrogen and oxygen atoms in total. The fourth-order valence-corrected chi connectivity index (χ4v) is 3.68. The van der Waals surface area contributed by atoms with Crippen LogP contribution in [0, 0.1) is 5.41 Å². The molecule has 0 bridgehead atoms. The van der Waals surface area contributed by atoms with Crippen molar-refractivity contribution in [2.45, 2.75) is 38.1 Å². The molecule has 1 aromatic rings. The maximum atomic E-state index is 12.1. The first-order valence-corrected chi connectivity index (χ1v) is 8.09. The number of carboxylic acids is 1. The quantitative estimate of drug-likeness (QED) is 0.656. The van der Waals surface area contributed by atoms with Crippen molar-refractivity contribution in [3.8, 4) is 0 Å². The number of hydrogen-bond acceptors (Lipinski definition) is 7. The van der Waals surface area contributed by atoms with Gasteiger partial charge in [0.2, 0.25) is 15.4 Å². The Bertz CT molecular complexity index is 647. The molecule has 0 aliphatic carbocycles. The molecule has 0 spiro atoms. The number of carboxylic acid groups (broad SMARTS) is 1. The predicted molar refractivity (Wildman–Crippen MR) is 75.4 cm³/mol. The second-order valence-corrected chi connectivity index (χ2v) is 8.18. The van der Waals surface area contributed by atoms with Gasteiger partial charge in [-0.1, -0.05) is 32.1 Å². The van der Waals surface area contributed by atoms with Crippen LogP contribution in [0.1, 0.15) is 27.7 Å². The van der Waals surface area contributed by atoms with Crippen LogP contribution in [-0.2, 0) is 19.6 Å². The van der Waals surface area contributed by atoms with Gasteiger partial charge in [-0.05, 0) is 5.41 Å². The van der Waals surface area contributed by atoms with Crippen molar-refractivity contribution in [3.63, 3.8) is 0 Å². The number of aliphatic carboxylic acids is 1. The molecule has 1 aromatic heterocycles. The van der Waals surface area contributed by atoms with Crippen LogP contribution in [0.4, 0.5) is 5.13 Å². The lowest BCUT2D eigenvalue weighted by Crippen LogP contribution is -2.48. The Morgan fingerprint density at radius 1 is 1.29 bits per heavy atom. The van der Waals surface area contributed by atoms with E-state index in [1.165, 1.54) is 6.92 Å². The first kappa shape index (κ1) is 17.5. The number of carbonyl (C=O) groups excluding carboxylic acids is 1. The van der Waals surface area contributed by atoms with E-state index >= 15 is 0 Å². The standard InChI is InChI=1S/C10H16N4O5S2/c1-5(15)11-8-12-13-9(20-8)21(18,19)14-6(7(16)17)10(2,3)4/h6,14H,1-4H3,(H,16,17)(H,11,12,15)/t6-/m0/s1. The molecule has 118 valence electrons. The van der Waals surface area contributed by atoms with Crippen LogP contribution in [-0.4, -0.2) is 41.6 Å². The average Bonchev–Trinajstić information content (AvgIpc) is 2.72. The van der Waals surface area contributed by atoms with Gasteiger partial charge in [-0.25, -0.2) is 8.42 Å². The fourth-order valence-electron chi connectivity index (χ4n) is 1.32. The highest BCUT2D eigenvalue weighted by Gasteiger charge is 2.36. The van der Waals surface area contributed by atoms with Gasteiger partial charge in [-0.2, -0.15) is 4.72 Å². The van der Waals surface area contributed by atoms with E-state index in [4.69, 9.17) is 5.11 Å². The number of hydrogen-bond donors (Lipinski definition) is 3. The molecule has 21 heavy (non-hydrogen) atoms. The average molecular weight is 336 g/mol. The van der Waals surface area contributed by atoms with Crippen molar-refractivity contribution in [1.82, 2.24) is 14.9 Å². The summed E-state index contributed by atoms with van der Waals surface area (Å²) in [6, 6.07) is -1.32. The number of sulfonamides is 1. The lowest BCUT2D eigenvalue weighted by Gasteiger charge is -2.26. The van der Waals surface area contributed by atoms with Gasteiger partial charge in [0.1, 0.15) is 6.04 Å². The number of amides is 1. The van der Waals surface area contributed by atoms with Crippen LogP contribution in [0.25, 0.3) is 0 Å². The van der Waals surface area contributed by atoms with Gasteiger partial charge in [0.25, 0.3) is 10.0 Å². The number of nitrogens with zero attached hydrogens (tertiary/aromatic N) is 2. The maximum absolute atomic E-state index is 12.1. The highest BCUT2D eigenvalue weighted by Crippen LogP contribution is 2.24. The monoisotopic (exact) mass is 336 g/mol. The lowest BCUT2D eigenvalue weighted by atomic mass is 9.88. The molecule has 0 unspecified atom stereocenters. The van der Waals surface area contributed by atoms with Gasteiger partial charge in [0.15, 0.2) is 0 Å². The Balaban J connectivity index is 3.03. The van der Waals surface area contributed by atoms with Crippen molar-refractivity contribution in [1.29, 1.82) is 0 Å². The van der Waals surface area contributed by atoms with Crippen molar-refractivity contribution in [2.24, 2.45) is 5.41 Å². The molecule has 0 saturated carbocycles. The summed E-state index contributed by atoms with van der Waals surface area (Å²) in [5.74, 6) is -1.71. The van der Waals surface area contributed by atoms with Gasteiger partial charge < -0.3 is 10.4 Å². The molecular weight excluding hydrogens is 320 g/mol. The minimum absolute atomic E-state index is 0.0190. The van der Waals surface area contributed by atoms with Crippen molar-refractivity contribution in [3.05, 3.63) is 0 Å². The number of aromatic nitrogens is 2. The molecule has 1 rings (SSSR count). The SMILES string of the molecule is CC(=O)Nc1nnc(S(=O)(=O)N[C@@H](C(=O)O)C(C)(C)C)s1. The molecule has 1 heterocycles. The van der Waals surface area contributed by atoms with Crippen LogP contribution < -0.4 is 10.0 Å². The Morgan fingerprint density at radius 3 is 2.29 bits per heavy atom. The zero-order valence-corrected chi connectivity index (χ0v) is 13.5. The molecule has 0 aliphatic heterocycles. The van der Waals surface area contributed by atoms with Crippen LogP contribution in [0.5, 0.6) is 0 Å². The van der Waals surface area contributed by atoms with Crippen molar-refractivity contribution in [2.75, 3.05) is 5.32 Å². The van der Waals surface area contributed by atoms with Gasteiger partial charge in [-0.15, -0.1) is 10.2 Å². The minimum atomic E-state index is -4.14. The highest BCUT2D eigenvalue weighted by atomic mass is 32.2.